The number of hydrogen-bond acceptors (Lipinski definition) is 2. The third kappa shape index (κ3) is 4.57. The van der Waals surface area contributed by atoms with Crippen molar-refractivity contribution in [2.24, 2.45) is 0 Å². The summed E-state index contributed by atoms with van der Waals surface area (Å²) in [6.45, 7) is 5.30. The summed E-state index contributed by atoms with van der Waals surface area (Å²) < 4.78 is 2.04. The first-order chi connectivity index (χ1) is 12.7. The highest BCUT2D eigenvalue weighted by atomic mass is 16.1. The van der Waals surface area contributed by atoms with E-state index in [1.807, 2.05) is 66.2 Å². The molecule has 0 unspecified atom stereocenters. The smallest absolute Gasteiger partial charge is 0.227 e. The molecule has 0 spiro atoms. The van der Waals surface area contributed by atoms with Gasteiger partial charge in [0.1, 0.15) is 0 Å². The molecule has 3 rings (SSSR count). The summed E-state index contributed by atoms with van der Waals surface area (Å²) in [7, 11) is 0. The molecule has 0 atom stereocenters. The lowest BCUT2D eigenvalue weighted by molar-refractivity contribution is -0.690. The molecule has 1 heterocycles. The molecule has 0 saturated carbocycles. The van der Waals surface area contributed by atoms with Gasteiger partial charge in [0.2, 0.25) is 12.3 Å². The Bertz CT molecular complexity index is 870. The van der Waals surface area contributed by atoms with E-state index in [9.17, 15) is 4.79 Å². The number of Topliss-reactive ketones (excluding diaryl/α,β-unsaturated/α-hetero) is 1. The number of benzene rings is 2. The van der Waals surface area contributed by atoms with Crippen molar-refractivity contribution in [3.8, 4) is 0 Å². The molecule has 0 aliphatic rings. The minimum absolute atomic E-state index is 0.134. The zero-order valence-corrected chi connectivity index (χ0v) is 15.4. The van der Waals surface area contributed by atoms with Crippen molar-refractivity contribution in [2.75, 3.05) is 5.32 Å². The van der Waals surface area contributed by atoms with Gasteiger partial charge < -0.3 is 5.32 Å². The number of nitrogens with zero attached hydrogens (tertiary/aromatic N) is 1. The molecule has 0 amide bonds. The first-order valence-electron chi connectivity index (χ1n) is 9.05. The van der Waals surface area contributed by atoms with Crippen molar-refractivity contribution in [2.45, 2.75) is 33.4 Å². The maximum atomic E-state index is 12.6. The summed E-state index contributed by atoms with van der Waals surface area (Å²) in [5.41, 5.74) is 5.39. The van der Waals surface area contributed by atoms with E-state index in [-0.39, 0.29) is 5.78 Å². The van der Waals surface area contributed by atoms with Crippen molar-refractivity contribution in [1.29, 1.82) is 0 Å². The van der Waals surface area contributed by atoms with Crippen LogP contribution >= 0.6 is 0 Å². The summed E-state index contributed by atoms with van der Waals surface area (Å²) in [4.78, 5) is 12.6. The van der Waals surface area contributed by atoms with E-state index in [0.29, 0.717) is 6.54 Å². The summed E-state index contributed by atoms with van der Waals surface area (Å²) in [5.74, 6) is 0.134. The minimum atomic E-state index is 0.134. The van der Waals surface area contributed by atoms with Gasteiger partial charge in [0.25, 0.3) is 0 Å². The standard InChI is InChI=1S/C23H24N2O/c1-3-22-15-21(24-16-19-7-5-4-6-8-19)13-14-25(22)17-23(26)20-11-9-18(2)10-12-20/h4-15H,3,16-17H2,1-2H3/p+1. The molecule has 3 aromatic rings. The van der Waals surface area contributed by atoms with E-state index in [1.54, 1.807) is 0 Å². The van der Waals surface area contributed by atoms with E-state index in [2.05, 4.69) is 30.4 Å². The van der Waals surface area contributed by atoms with Gasteiger partial charge in [-0.05, 0) is 12.5 Å². The summed E-state index contributed by atoms with van der Waals surface area (Å²) >= 11 is 0. The topological polar surface area (TPSA) is 33.0 Å². The maximum absolute atomic E-state index is 12.6. The summed E-state index contributed by atoms with van der Waals surface area (Å²) in [5, 5.41) is 3.46. The van der Waals surface area contributed by atoms with Crippen LogP contribution in [0.3, 0.4) is 0 Å². The number of ketones is 1. The number of pyridine rings is 1. The van der Waals surface area contributed by atoms with Gasteiger partial charge >= 0.3 is 0 Å². The van der Waals surface area contributed by atoms with Crippen LogP contribution in [0.5, 0.6) is 0 Å². The van der Waals surface area contributed by atoms with Crippen molar-refractivity contribution in [1.82, 2.24) is 0 Å². The number of carbonyl (C=O) groups excluding carboxylic acids is 1. The fourth-order valence-electron chi connectivity index (χ4n) is 2.93. The molecule has 0 aliphatic carbocycles. The van der Waals surface area contributed by atoms with Crippen LogP contribution in [-0.4, -0.2) is 5.78 Å². The fraction of sp³-hybridized carbons (Fsp3) is 0.217. The van der Waals surface area contributed by atoms with Crippen LogP contribution in [0.2, 0.25) is 0 Å². The third-order valence-electron chi connectivity index (χ3n) is 4.51. The second-order valence-corrected chi connectivity index (χ2v) is 6.52. The Morgan fingerprint density at radius 3 is 2.42 bits per heavy atom. The van der Waals surface area contributed by atoms with E-state index in [4.69, 9.17) is 0 Å². The van der Waals surface area contributed by atoms with Gasteiger partial charge in [-0.1, -0.05) is 67.1 Å². The van der Waals surface area contributed by atoms with Crippen molar-refractivity contribution in [3.05, 3.63) is 95.3 Å². The largest absolute Gasteiger partial charge is 0.381 e. The molecule has 3 nitrogen and oxygen atoms in total. The second kappa shape index (κ2) is 8.43. The van der Waals surface area contributed by atoms with Crippen molar-refractivity contribution < 1.29 is 9.36 Å². The van der Waals surface area contributed by atoms with Gasteiger partial charge in [-0.25, -0.2) is 0 Å². The van der Waals surface area contributed by atoms with Gasteiger partial charge in [-0.2, -0.15) is 4.57 Å². The number of carbonyl (C=O) groups is 1. The lowest BCUT2D eigenvalue weighted by Crippen LogP contribution is -2.41. The quantitative estimate of drug-likeness (QED) is 0.510. The maximum Gasteiger partial charge on any atom is 0.227 e. The number of anilines is 1. The van der Waals surface area contributed by atoms with E-state index in [1.165, 1.54) is 5.56 Å². The molecular weight excluding hydrogens is 320 g/mol. The molecule has 0 bridgehead atoms. The van der Waals surface area contributed by atoms with E-state index < -0.39 is 0 Å². The van der Waals surface area contributed by atoms with Gasteiger partial charge in [-0.15, -0.1) is 0 Å². The van der Waals surface area contributed by atoms with Crippen molar-refractivity contribution >= 4 is 11.5 Å². The third-order valence-corrected chi connectivity index (χ3v) is 4.51. The van der Waals surface area contributed by atoms with Gasteiger partial charge in [-0.3, -0.25) is 4.79 Å². The number of nitrogens with one attached hydrogen (secondary N) is 1. The minimum Gasteiger partial charge on any atom is -0.381 e. The predicted molar refractivity (Wildman–Crippen MR) is 105 cm³/mol. The molecule has 3 heteroatoms. The van der Waals surface area contributed by atoms with Crippen LogP contribution in [0.25, 0.3) is 0 Å². The monoisotopic (exact) mass is 345 g/mol. The Kier molecular flexibility index (Phi) is 5.80. The highest BCUT2D eigenvalue weighted by Gasteiger charge is 2.16. The Balaban J connectivity index is 1.70. The fourth-order valence-corrected chi connectivity index (χ4v) is 2.93. The predicted octanol–water partition coefficient (Wildman–Crippen LogP) is 4.34. The Hall–Kier alpha value is -2.94. The number of aryl methyl sites for hydroxylation is 2. The lowest BCUT2D eigenvalue weighted by atomic mass is 10.1. The van der Waals surface area contributed by atoms with Gasteiger partial charge in [0.05, 0.1) is 0 Å². The molecule has 0 aliphatic heterocycles. The second-order valence-electron chi connectivity index (χ2n) is 6.52. The Labute approximate surface area is 155 Å². The summed E-state index contributed by atoms with van der Waals surface area (Å²) in [6.07, 6.45) is 2.88. The Morgan fingerprint density at radius 1 is 1.00 bits per heavy atom. The van der Waals surface area contributed by atoms with Crippen LogP contribution in [0.4, 0.5) is 5.69 Å². The highest BCUT2D eigenvalue weighted by molar-refractivity contribution is 5.95. The number of aromatic nitrogens is 1. The molecular formula is C23H25N2O+. The SMILES string of the molecule is CCc1cc(NCc2ccccc2)cc[n+]1CC(=O)c1ccc(C)cc1. The van der Waals surface area contributed by atoms with Crippen LogP contribution in [0, 0.1) is 6.92 Å². The highest BCUT2D eigenvalue weighted by Crippen LogP contribution is 2.11. The van der Waals surface area contributed by atoms with E-state index in [0.717, 1.165) is 35.5 Å². The first-order valence-corrected chi connectivity index (χ1v) is 9.05. The molecule has 132 valence electrons. The average molecular weight is 345 g/mol. The van der Waals surface area contributed by atoms with Crippen molar-refractivity contribution in [3.63, 3.8) is 0 Å². The molecule has 26 heavy (non-hydrogen) atoms. The zero-order chi connectivity index (χ0) is 18.4. The average Bonchev–Trinajstić information content (AvgIpc) is 2.68. The number of hydrogen-bond donors (Lipinski definition) is 1. The first kappa shape index (κ1) is 17.9. The van der Waals surface area contributed by atoms with Crippen LogP contribution in [0.1, 0.15) is 34.1 Å². The van der Waals surface area contributed by atoms with Gasteiger partial charge in [0.15, 0.2) is 11.9 Å². The number of rotatable bonds is 7. The van der Waals surface area contributed by atoms with Gasteiger partial charge in [0, 0.05) is 36.3 Å². The van der Waals surface area contributed by atoms with Crippen LogP contribution < -0.4 is 9.88 Å². The molecule has 0 radical (unpaired) electrons. The Morgan fingerprint density at radius 2 is 1.73 bits per heavy atom. The normalized spacial score (nSPS) is 10.5. The van der Waals surface area contributed by atoms with E-state index >= 15 is 0 Å². The zero-order valence-electron chi connectivity index (χ0n) is 15.4. The lowest BCUT2D eigenvalue weighted by Gasteiger charge is -2.08. The molecule has 2 aromatic carbocycles. The molecule has 0 fully saturated rings. The summed E-state index contributed by atoms with van der Waals surface area (Å²) in [6, 6.07) is 22.3. The molecule has 1 aromatic heterocycles. The van der Waals surface area contributed by atoms with Crippen LogP contribution in [-0.2, 0) is 19.5 Å². The molecule has 0 saturated heterocycles. The molecule has 1 N–H and O–H groups in total. The van der Waals surface area contributed by atoms with Crippen LogP contribution in [0.15, 0.2) is 72.9 Å².